The Labute approximate surface area is 97.2 Å². The zero-order chi connectivity index (χ0) is 11.8. The Bertz CT molecular complexity index is 287. The SMILES string of the molecule is CCCCC(CC)COc1ccc(N)nn1. The highest BCUT2D eigenvalue weighted by molar-refractivity contribution is 5.27. The minimum atomic E-state index is 0.422. The topological polar surface area (TPSA) is 61.0 Å². The highest BCUT2D eigenvalue weighted by Gasteiger charge is 2.07. The first kappa shape index (κ1) is 12.7. The molecule has 0 aliphatic rings. The Balaban J connectivity index is 2.34. The summed E-state index contributed by atoms with van der Waals surface area (Å²) < 4.78 is 5.58. The van der Waals surface area contributed by atoms with Gasteiger partial charge in [-0.3, -0.25) is 0 Å². The summed E-state index contributed by atoms with van der Waals surface area (Å²) in [5.41, 5.74) is 5.45. The molecule has 0 bridgehead atoms. The Morgan fingerprint density at radius 3 is 2.69 bits per heavy atom. The molecule has 4 heteroatoms. The molecule has 1 aromatic rings. The van der Waals surface area contributed by atoms with Gasteiger partial charge in [0.25, 0.3) is 0 Å². The lowest BCUT2D eigenvalue weighted by molar-refractivity contribution is 0.224. The zero-order valence-corrected chi connectivity index (χ0v) is 10.1. The summed E-state index contributed by atoms with van der Waals surface area (Å²) in [5, 5.41) is 7.62. The maximum Gasteiger partial charge on any atom is 0.233 e. The largest absolute Gasteiger partial charge is 0.476 e. The fraction of sp³-hybridized carbons (Fsp3) is 0.667. The molecule has 1 atom stereocenters. The Morgan fingerprint density at radius 2 is 2.12 bits per heavy atom. The standard InChI is InChI=1S/C12H21N3O/c1-3-5-6-10(4-2)9-16-12-8-7-11(13)14-15-12/h7-8,10H,3-6,9H2,1-2H3,(H2,13,14). The average Bonchev–Trinajstić information content (AvgIpc) is 2.32. The van der Waals surface area contributed by atoms with Crippen molar-refractivity contribution in [2.24, 2.45) is 5.92 Å². The monoisotopic (exact) mass is 223 g/mol. The third kappa shape index (κ3) is 4.47. The van der Waals surface area contributed by atoms with E-state index in [2.05, 4.69) is 24.0 Å². The number of nitrogens with two attached hydrogens (primary N) is 1. The van der Waals surface area contributed by atoms with Gasteiger partial charge in [-0.25, -0.2) is 0 Å². The molecule has 0 amide bonds. The number of anilines is 1. The van der Waals surface area contributed by atoms with E-state index in [-0.39, 0.29) is 0 Å². The maximum absolute atomic E-state index is 5.58. The van der Waals surface area contributed by atoms with E-state index in [1.165, 1.54) is 19.3 Å². The molecule has 0 radical (unpaired) electrons. The van der Waals surface area contributed by atoms with E-state index in [0.717, 1.165) is 13.0 Å². The number of rotatable bonds is 7. The quantitative estimate of drug-likeness (QED) is 0.772. The van der Waals surface area contributed by atoms with E-state index in [1.54, 1.807) is 12.1 Å². The number of hydrogen-bond acceptors (Lipinski definition) is 4. The highest BCUT2D eigenvalue weighted by atomic mass is 16.5. The second-order valence-corrected chi connectivity index (χ2v) is 4.02. The van der Waals surface area contributed by atoms with E-state index in [1.807, 2.05) is 0 Å². The zero-order valence-electron chi connectivity index (χ0n) is 10.1. The summed E-state index contributed by atoms with van der Waals surface area (Å²) in [6.45, 7) is 5.12. The molecule has 2 N–H and O–H groups in total. The van der Waals surface area contributed by atoms with Crippen molar-refractivity contribution in [3.63, 3.8) is 0 Å². The second kappa shape index (κ2) is 7.04. The molecule has 0 aliphatic heterocycles. The summed E-state index contributed by atoms with van der Waals surface area (Å²) in [6, 6.07) is 3.46. The Hall–Kier alpha value is -1.32. The lowest BCUT2D eigenvalue weighted by Crippen LogP contribution is -2.12. The van der Waals surface area contributed by atoms with Gasteiger partial charge in [0.15, 0.2) is 0 Å². The Kier molecular flexibility index (Phi) is 5.61. The van der Waals surface area contributed by atoms with E-state index >= 15 is 0 Å². The van der Waals surface area contributed by atoms with Gasteiger partial charge in [0, 0.05) is 6.07 Å². The minimum Gasteiger partial charge on any atom is -0.476 e. The maximum atomic E-state index is 5.58. The minimum absolute atomic E-state index is 0.422. The summed E-state index contributed by atoms with van der Waals surface area (Å²) in [7, 11) is 0. The normalized spacial score (nSPS) is 12.4. The van der Waals surface area contributed by atoms with Crippen LogP contribution in [0.4, 0.5) is 5.82 Å². The van der Waals surface area contributed by atoms with Crippen molar-refractivity contribution in [1.29, 1.82) is 0 Å². The van der Waals surface area contributed by atoms with Crippen molar-refractivity contribution in [1.82, 2.24) is 10.2 Å². The van der Waals surface area contributed by atoms with Gasteiger partial charge in [0.2, 0.25) is 5.88 Å². The molecule has 1 aromatic heterocycles. The number of hydrogen-bond donors (Lipinski definition) is 1. The smallest absolute Gasteiger partial charge is 0.233 e. The predicted octanol–water partition coefficient (Wildman–Crippen LogP) is 2.65. The van der Waals surface area contributed by atoms with Crippen LogP contribution in [0.1, 0.15) is 39.5 Å². The summed E-state index contributed by atoms with van der Waals surface area (Å²) in [4.78, 5) is 0. The molecule has 4 nitrogen and oxygen atoms in total. The highest BCUT2D eigenvalue weighted by Crippen LogP contribution is 2.14. The van der Waals surface area contributed by atoms with Crippen LogP contribution in [0.3, 0.4) is 0 Å². The van der Waals surface area contributed by atoms with Crippen LogP contribution in [0.15, 0.2) is 12.1 Å². The molecule has 0 aliphatic carbocycles. The summed E-state index contributed by atoms with van der Waals surface area (Å²) in [6.07, 6.45) is 4.85. The van der Waals surface area contributed by atoms with Crippen molar-refractivity contribution in [2.75, 3.05) is 12.3 Å². The number of nitrogen functional groups attached to an aromatic ring is 1. The Morgan fingerprint density at radius 1 is 1.31 bits per heavy atom. The molecular weight excluding hydrogens is 202 g/mol. The first-order valence-corrected chi connectivity index (χ1v) is 5.98. The molecule has 0 fully saturated rings. The molecule has 90 valence electrons. The van der Waals surface area contributed by atoms with Crippen molar-refractivity contribution >= 4 is 5.82 Å². The third-order valence-electron chi connectivity index (χ3n) is 2.67. The van der Waals surface area contributed by atoms with Crippen molar-refractivity contribution in [3.05, 3.63) is 12.1 Å². The van der Waals surface area contributed by atoms with E-state index in [4.69, 9.17) is 10.5 Å². The van der Waals surface area contributed by atoms with Crippen LogP contribution in [-0.2, 0) is 0 Å². The van der Waals surface area contributed by atoms with Gasteiger partial charge in [0.05, 0.1) is 6.61 Å². The number of ether oxygens (including phenoxy) is 1. The number of nitrogens with zero attached hydrogens (tertiary/aromatic N) is 2. The van der Waals surface area contributed by atoms with Crippen molar-refractivity contribution < 1.29 is 4.74 Å². The van der Waals surface area contributed by atoms with E-state index in [0.29, 0.717) is 17.6 Å². The lowest BCUT2D eigenvalue weighted by atomic mass is 10.0. The van der Waals surface area contributed by atoms with Crippen LogP contribution in [0.5, 0.6) is 5.88 Å². The summed E-state index contributed by atoms with van der Waals surface area (Å²) in [5.74, 6) is 1.59. The first-order chi connectivity index (χ1) is 7.76. The summed E-state index contributed by atoms with van der Waals surface area (Å²) >= 11 is 0. The van der Waals surface area contributed by atoms with Crippen molar-refractivity contribution in [2.45, 2.75) is 39.5 Å². The van der Waals surface area contributed by atoms with E-state index < -0.39 is 0 Å². The molecule has 1 unspecified atom stereocenters. The van der Waals surface area contributed by atoms with Crippen LogP contribution in [0.25, 0.3) is 0 Å². The second-order valence-electron chi connectivity index (χ2n) is 4.02. The van der Waals surface area contributed by atoms with E-state index in [9.17, 15) is 0 Å². The molecule has 0 saturated heterocycles. The van der Waals surface area contributed by atoms with Gasteiger partial charge in [-0.2, -0.15) is 0 Å². The molecular formula is C12H21N3O. The molecule has 0 aromatic carbocycles. The third-order valence-corrected chi connectivity index (χ3v) is 2.67. The van der Waals surface area contributed by atoms with Gasteiger partial charge in [0.1, 0.15) is 5.82 Å². The van der Waals surface area contributed by atoms with Gasteiger partial charge in [-0.15, -0.1) is 10.2 Å². The molecule has 16 heavy (non-hydrogen) atoms. The predicted molar refractivity (Wildman–Crippen MR) is 65.2 cm³/mol. The molecule has 1 rings (SSSR count). The van der Waals surface area contributed by atoms with Crippen LogP contribution < -0.4 is 10.5 Å². The fourth-order valence-electron chi connectivity index (χ4n) is 1.51. The lowest BCUT2D eigenvalue weighted by Gasteiger charge is -2.14. The molecule has 0 saturated carbocycles. The van der Waals surface area contributed by atoms with Crippen LogP contribution in [0.2, 0.25) is 0 Å². The molecule has 0 spiro atoms. The fourth-order valence-corrected chi connectivity index (χ4v) is 1.51. The average molecular weight is 223 g/mol. The number of aromatic nitrogens is 2. The van der Waals surface area contributed by atoms with Crippen LogP contribution in [0, 0.1) is 5.92 Å². The van der Waals surface area contributed by atoms with Crippen LogP contribution in [-0.4, -0.2) is 16.8 Å². The van der Waals surface area contributed by atoms with Gasteiger partial charge < -0.3 is 10.5 Å². The molecule has 1 heterocycles. The van der Waals surface area contributed by atoms with Gasteiger partial charge >= 0.3 is 0 Å². The van der Waals surface area contributed by atoms with Crippen molar-refractivity contribution in [3.8, 4) is 5.88 Å². The first-order valence-electron chi connectivity index (χ1n) is 5.98. The number of unbranched alkanes of at least 4 members (excludes halogenated alkanes) is 1. The van der Waals surface area contributed by atoms with Gasteiger partial charge in [-0.1, -0.05) is 33.1 Å². The van der Waals surface area contributed by atoms with Gasteiger partial charge in [-0.05, 0) is 18.4 Å². The van der Waals surface area contributed by atoms with Crippen LogP contribution >= 0.6 is 0 Å².